The zero-order valence-electron chi connectivity index (χ0n) is 13.0. The zero-order valence-corrected chi connectivity index (χ0v) is 13.8. The lowest BCUT2D eigenvalue weighted by Crippen LogP contribution is -2.43. The van der Waals surface area contributed by atoms with Gasteiger partial charge in [-0.1, -0.05) is 18.2 Å². The first-order chi connectivity index (χ1) is 10.0. The molecule has 118 valence electrons. The summed E-state index contributed by atoms with van der Waals surface area (Å²) in [4.78, 5) is 2.33. The monoisotopic (exact) mass is 310 g/mol. The number of nitrogens with one attached hydrogen (secondary N) is 1. The molecule has 2 rings (SSSR count). The number of anilines is 1. The Morgan fingerprint density at radius 1 is 1.33 bits per heavy atom. The largest absolute Gasteiger partial charge is 0.370 e. The summed E-state index contributed by atoms with van der Waals surface area (Å²) in [5.74, 6) is 0.652. The van der Waals surface area contributed by atoms with Crippen molar-refractivity contribution in [2.45, 2.75) is 32.7 Å². The first-order valence-electron chi connectivity index (χ1n) is 7.76. The third-order valence-corrected chi connectivity index (χ3v) is 5.94. The van der Waals surface area contributed by atoms with E-state index in [2.05, 4.69) is 48.3 Å². The van der Waals surface area contributed by atoms with Gasteiger partial charge in [-0.15, -0.1) is 0 Å². The van der Waals surface area contributed by atoms with E-state index in [1.165, 1.54) is 11.3 Å². The SMILES string of the molecule is CCN(CCNC1CCCS(=O)(=O)C1)c1ccccc1C. The molecule has 0 bridgehead atoms. The van der Waals surface area contributed by atoms with Gasteiger partial charge in [0.05, 0.1) is 11.5 Å². The van der Waals surface area contributed by atoms with Crippen LogP contribution in [0.3, 0.4) is 0 Å². The van der Waals surface area contributed by atoms with E-state index in [0.29, 0.717) is 11.5 Å². The van der Waals surface area contributed by atoms with Crippen molar-refractivity contribution in [1.29, 1.82) is 0 Å². The molecule has 1 fully saturated rings. The lowest BCUT2D eigenvalue weighted by Gasteiger charge is -2.28. The Hall–Kier alpha value is -1.07. The molecule has 0 amide bonds. The zero-order chi connectivity index (χ0) is 15.3. The number of hydrogen-bond donors (Lipinski definition) is 1. The summed E-state index contributed by atoms with van der Waals surface area (Å²) >= 11 is 0. The fourth-order valence-corrected chi connectivity index (χ4v) is 4.63. The van der Waals surface area contributed by atoms with E-state index in [1.807, 2.05) is 0 Å². The maximum atomic E-state index is 11.6. The molecule has 1 atom stereocenters. The smallest absolute Gasteiger partial charge is 0.151 e. The highest BCUT2D eigenvalue weighted by Crippen LogP contribution is 2.18. The Kier molecular flexibility index (Phi) is 5.65. The first-order valence-corrected chi connectivity index (χ1v) is 9.58. The highest BCUT2D eigenvalue weighted by Gasteiger charge is 2.24. The molecule has 1 aliphatic rings. The van der Waals surface area contributed by atoms with Gasteiger partial charge in [0.1, 0.15) is 0 Å². The second-order valence-electron chi connectivity index (χ2n) is 5.77. The van der Waals surface area contributed by atoms with Crippen LogP contribution in [0.1, 0.15) is 25.3 Å². The van der Waals surface area contributed by atoms with Gasteiger partial charge in [-0.3, -0.25) is 0 Å². The lowest BCUT2D eigenvalue weighted by molar-refractivity contribution is 0.482. The van der Waals surface area contributed by atoms with Crippen LogP contribution in [0.2, 0.25) is 0 Å². The van der Waals surface area contributed by atoms with Crippen LogP contribution in [0.25, 0.3) is 0 Å². The van der Waals surface area contributed by atoms with Crippen molar-refractivity contribution in [2.24, 2.45) is 0 Å². The van der Waals surface area contributed by atoms with E-state index in [9.17, 15) is 8.42 Å². The van der Waals surface area contributed by atoms with Crippen molar-refractivity contribution < 1.29 is 8.42 Å². The van der Waals surface area contributed by atoms with Gasteiger partial charge in [0.15, 0.2) is 9.84 Å². The van der Waals surface area contributed by atoms with Crippen LogP contribution in [0.5, 0.6) is 0 Å². The van der Waals surface area contributed by atoms with E-state index < -0.39 is 9.84 Å². The normalized spacial score (nSPS) is 21.1. The lowest BCUT2D eigenvalue weighted by atomic mass is 10.1. The fraction of sp³-hybridized carbons (Fsp3) is 0.625. The minimum Gasteiger partial charge on any atom is -0.370 e. The van der Waals surface area contributed by atoms with Gasteiger partial charge in [0.2, 0.25) is 0 Å². The third kappa shape index (κ3) is 4.71. The molecule has 4 nitrogen and oxygen atoms in total. The van der Waals surface area contributed by atoms with E-state index >= 15 is 0 Å². The Labute approximate surface area is 128 Å². The van der Waals surface area contributed by atoms with Crippen LogP contribution in [0.4, 0.5) is 5.69 Å². The average Bonchev–Trinajstić information content (AvgIpc) is 2.44. The topological polar surface area (TPSA) is 49.4 Å². The van der Waals surface area contributed by atoms with Crippen LogP contribution in [0, 0.1) is 6.92 Å². The molecule has 1 aliphatic heterocycles. The Morgan fingerprint density at radius 2 is 2.10 bits per heavy atom. The third-order valence-electron chi connectivity index (χ3n) is 4.12. The number of aryl methyl sites for hydroxylation is 1. The summed E-state index contributed by atoms with van der Waals surface area (Å²) in [6, 6.07) is 8.51. The van der Waals surface area contributed by atoms with Gasteiger partial charge >= 0.3 is 0 Å². The van der Waals surface area contributed by atoms with Crippen LogP contribution >= 0.6 is 0 Å². The molecule has 21 heavy (non-hydrogen) atoms. The molecule has 0 saturated carbocycles. The standard InChI is InChI=1S/C16H26N2O2S/c1-3-18(16-9-5-4-7-14(16)2)11-10-17-15-8-6-12-21(19,20)13-15/h4-5,7,9,15,17H,3,6,8,10-13H2,1-2H3. The summed E-state index contributed by atoms with van der Waals surface area (Å²) in [5, 5.41) is 3.41. The number of sulfone groups is 1. The highest BCUT2D eigenvalue weighted by molar-refractivity contribution is 7.91. The van der Waals surface area contributed by atoms with Crippen LogP contribution in [-0.2, 0) is 9.84 Å². The maximum absolute atomic E-state index is 11.6. The molecule has 1 unspecified atom stereocenters. The summed E-state index contributed by atoms with van der Waals surface area (Å²) in [5.41, 5.74) is 2.54. The Bertz CT molecular complexity index is 557. The van der Waals surface area contributed by atoms with Gasteiger partial charge in [-0.2, -0.15) is 0 Å². The summed E-state index contributed by atoms with van der Waals surface area (Å²) in [7, 11) is -2.82. The van der Waals surface area contributed by atoms with E-state index in [4.69, 9.17) is 0 Å². The molecular formula is C16H26N2O2S. The summed E-state index contributed by atoms with van der Waals surface area (Å²) in [6.07, 6.45) is 1.75. The Morgan fingerprint density at radius 3 is 2.76 bits per heavy atom. The molecule has 1 N–H and O–H groups in total. The minimum absolute atomic E-state index is 0.124. The first kappa shape index (κ1) is 16.3. The number of nitrogens with zero attached hydrogens (tertiary/aromatic N) is 1. The summed E-state index contributed by atoms with van der Waals surface area (Å²) in [6.45, 7) is 6.95. The van der Waals surface area contributed by atoms with E-state index in [1.54, 1.807) is 0 Å². The number of benzene rings is 1. The second-order valence-corrected chi connectivity index (χ2v) is 8.00. The number of hydrogen-bond acceptors (Lipinski definition) is 4. The van der Waals surface area contributed by atoms with E-state index in [0.717, 1.165) is 32.5 Å². The number of rotatable bonds is 6. The molecule has 1 saturated heterocycles. The van der Waals surface area contributed by atoms with Gasteiger partial charge in [0, 0.05) is 31.4 Å². The van der Waals surface area contributed by atoms with Crippen molar-refractivity contribution in [3.8, 4) is 0 Å². The van der Waals surface area contributed by atoms with Gasteiger partial charge in [0.25, 0.3) is 0 Å². The molecule has 1 aromatic rings. The van der Waals surface area contributed by atoms with Crippen molar-refractivity contribution >= 4 is 15.5 Å². The molecule has 1 heterocycles. The fourth-order valence-electron chi connectivity index (χ4n) is 2.95. The van der Waals surface area contributed by atoms with Crippen molar-refractivity contribution in [3.63, 3.8) is 0 Å². The quantitative estimate of drug-likeness (QED) is 0.873. The summed E-state index contributed by atoms with van der Waals surface area (Å²) < 4.78 is 23.3. The Balaban J connectivity index is 1.85. The second kappa shape index (κ2) is 7.27. The molecule has 0 aliphatic carbocycles. The predicted octanol–water partition coefficient (Wildman–Crippen LogP) is 1.99. The van der Waals surface area contributed by atoms with Gasteiger partial charge < -0.3 is 10.2 Å². The average molecular weight is 310 g/mol. The minimum atomic E-state index is -2.82. The van der Waals surface area contributed by atoms with Crippen LogP contribution in [0.15, 0.2) is 24.3 Å². The predicted molar refractivity (Wildman–Crippen MR) is 88.7 cm³/mol. The molecule has 0 spiro atoms. The number of likely N-dealkylation sites (N-methyl/N-ethyl adjacent to an activating group) is 1. The molecular weight excluding hydrogens is 284 g/mol. The van der Waals surface area contributed by atoms with Gasteiger partial charge in [-0.25, -0.2) is 8.42 Å². The van der Waals surface area contributed by atoms with Crippen LogP contribution in [-0.4, -0.2) is 45.6 Å². The molecule has 5 heteroatoms. The number of para-hydroxylation sites is 1. The van der Waals surface area contributed by atoms with Crippen molar-refractivity contribution in [3.05, 3.63) is 29.8 Å². The van der Waals surface area contributed by atoms with E-state index in [-0.39, 0.29) is 6.04 Å². The van der Waals surface area contributed by atoms with Crippen molar-refractivity contribution in [2.75, 3.05) is 36.0 Å². The highest BCUT2D eigenvalue weighted by atomic mass is 32.2. The van der Waals surface area contributed by atoms with Gasteiger partial charge in [-0.05, 0) is 38.3 Å². The molecule has 0 aromatic heterocycles. The van der Waals surface area contributed by atoms with Crippen LogP contribution < -0.4 is 10.2 Å². The molecule has 0 radical (unpaired) electrons. The molecule has 1 aromatic carbocycles. The van der Waals surface area contributed by atoms with Crippen molar-refractivity contribution in [1.82, 2.24) is 5.32 Å². The maximum Gasteiger partial charge on any atom is 0.151 e.